The molecule has 0 saturated carbocycles. The Morgan fingerprint density at radius 3 is 1.22 bits per heavy atom. The summed E-state index contributed by atoms with van der Waals surface area (Å²) in [7, 11) is -4.02. The van der Waals surface area contributed by atoms with Crippen LogP contribution in [-0.2, 0) is 28.1 Å². The monoisotopic (exact) mass is 1630 g/mol. The van der Waals surface area contributed by atoms with E-state index in [0.29, 0.717) is 163 Å². The van der Waals surface area contributed by atoms with Crippen LogP contribution in [0.15, 0.2) is 227 Å². The number of ether oxygens (including phenoxy) is 5. The van der Waals surface area contributed by atoms with Gasteiger partial charge in [0, 0.05) is 107 Å². The number of halogens is 3. The van der Waals surface area contributed by atoms with E-state index in [1.54, 1.807) is 87.5 Å². The molecule has 13 rings (SSSR count). The number of aromatic nitrogens is 5. The predicted octanol–water partition coefficient (Wildman–Crippen LogP) is 15.0. The van der Waals surface area contributed by atoms with Crippen LogP contribution in [0.2, 0.25) is 5.35 Å². The van der Waals surface area contributed by atoms with Crippen molar-refractivity contribution in [3.63, 3.8) is 0 Å². The highest BCUT2D eigenvalue weighted by Gasteiger charge is 2.18. The van der Waals surface area contributed by atoms with Crippen molar-refractivity contribution < 1.29 is 97.8 Å². The topological polar surface area (TPSA) is 435 Å². The number of fused-ring (bicyclic) bond motifs is 5. The number of phenolic OH excluding ortho intramolecular Hbond substituents is 1. The second-order valence-corrected chi connectivity index (χ2v) is 27.5. The number of carbonyl (C=O) groups excluding carboxylic acids is 1. The van der Waals surface area contributed by atoms with E-state index in [1.165, 1.54) is 18.2 Å². The Hall–Kier alpha value is -12.1. The fourth-order valence-corrected chi connectivity index (χ4v) is 10.2. The van der Waals surface area contributed by atoms with Crippen molar-refractivity contribution in [2.75, 3.05) is 100 Å². The SMILES string of the molecule is CC(C)(C)OC(=O)NC/C(=C\F)COc1ccc2nc(NCCCO)oc2c1.Cc1ccc(S(=O)(=O)O)cc1.Clc1nc2ccc(OCc3ccccc3)cc2o1.NC/C(=C\F)COc1ccc2nc(NCCCO)oc2c1.OCCCNc1nc2ccc(O)cc2o1.OCCCNc1nc2ccc(OCc3ccccc3)cc2o1. The summed E-state index contributed by atoms with van der Waals surface area (Å²) in [6, 6.07) is 53.6. The van der Waals surface area contributed by atoms with Crippen molar-refractivity contribution in [3.05, 3.63) is 222 Å². The minimum Gasteiger partial charge on any atom is -0.508 e. The van der Waals surface area contributed by atoms with Gasteiger partial charge in [0.15, 0.2) is 27.9 Å². The van der Waals surface area contributed by atoms with Gasteiger partial charge in [0.1, 0.15) is 88.4 Å². The first-order valence-corrected chi connectivity index (χ1v) is 38.0. The number of aliphatic hydroxyl groups excluding tert-OH is 4. The zero-order valence-electron chi connectivity index (χ0n) is 63.5. The molecule has 0 aliphatic heterocycles. The second kappa shape index (κ2) is 46.2. The fraction of sp³-hybridized carbons (Fsp3) is 0.284. The molecule has 1 amide bonds. The number of nitrogens with two attached hydrogens (primary N) is 1. The van der Waals surface area contributed by atoms with E-state index in [4.69, 9.17) is 88.1 Å². The number of benzene rings is 8. The lowest BCUT2D eigenvalue weighted by molar-refractivity contribution is 0.0531. The van der Waals surface area contributed by atoms with E-state index in [2.05, 4.69) is 51.5 Å². The third kappa shape index (κ3) is 31.1. The molecule has 0 aliphatic rings. The Balaban J connectivity index is 0.000000176. The largest absolute Gasteiger partial charge is 0.508 e. The summed E-state index contributed by atoms with van der Waals surface area (Å²) in [4.78, 5) is 32.6. The minimum atomic E-state index is -4.02. The molecule has 0 radical (unpaired) electrons. The lowest BCUT2D eigenvalue weighted by Crippen LogP contribution is -2.34. The molecule has 0 atom stereocenters. The van der Waals surface area contributed by atoms with Gasteiger partial charge in [0.05, 0.1) is 17.6 Å². The van der Waals surface area contributed by atoms with Crippen molar-refractivity contribution >= 4 is 107 Å². The Kier molecular flexibility index (Phi) is 35.5. The van der Waals surface area contributed by atoms with Crippen LogP contribution in [0, 0.1) is 6.92 Å². The van der Waals surface area contributed by atoms with Crippen LogP contribution in [0.5, 0.6) is 28.7 Å². The highest BCUT2D eigenvalue weighted by molar-refractivity contribution is 7.85. The summed E-state index contributed by atoms with van der Waals surface area (Å²) >= 11 is 5.69. The zero-order chi connectivity index (χ0) is 82.4. The summed E-state index contributed by atoms with van der Waals surface area (Å²) in [6.07, 6.45) is 2.72. The molecule has 8 aromatic carbocycles. The van der Waals surface area contributed by atoms with Gasteiger partial charge in [-0.1, -0.05) is 78.4 Å². The molecule has 13 N–H and O–H groups in total. The van der Waals surface area contributed by atoms with Gasteiger partial charge in [-0.15, -0.1) is 0 Å². The van der Waals surface area contributed by atoms with E-state index in [-0.39, 0.29) is 74.3 Å². The lowest BCUT2D eigenvalue weighted by atomic mass is 10.2. The highest BCUT2D eigenvalue weighted by atomic mass is 35.5. The van der Waals surface area contributed by atoms with Crippen LogP contribution in [-0.4, -0.2) is 154 Å². The molecule has 5 aromatic heterocycles. The van der Waals surface area contributed by atoms with Crippen molar-refractivity contribution in [2.24, 2.45) is 5.73 Å². The number of hydrogen-bond acceptors (Lipinski definition) is 28. The number of aliphatic hydroxyl groups is 4. The zero-order valence-corrected chi connectivity index (χ0v) is 65.0. The van der Waals surface area contributed by atoms with Gasteiger partial charge in [-0.3, -0.25) is 4.55 Å². The van der Waals surface area contributed by atoms with Gasteiger partial charge >= 0.3 is 6.09 Å². The Labute approximate surface area is 665 Å². The van der Waals surface area contributed by atoms with Gasteiger partial charge in [-0.2, -0.15) is 33.3 Å². The van der Waals surface area contributed by atoms with E-state index >= 15 is 0 Å². The Bertz CT molecular complexity index is 5280. The van der Waals surface area contributed by atoms with E-state index < -0.39 is 21.8 Å². The van der Waals surface area contributed by atoms with Gasteiger partial charge in [0.2, 0.25) is 0 Å². The molecule has 34 heteroatoms. The highest BCUT2D eigenvalue weighted by Crippen LogP contribution is 2.30. The average molecular weight is 1630 g/mol. The van der Waals surface area contributed by atoms with Crippen LogP contribution < -0.4 is 51.3 Å². The number of hydrogen-bond donors (Lipinski definition) is 12. The average Bonchev–Trinajstić information content (AvgIpc) is 1.68. The number of rotatable bonds is 32. The molecule has 0 aliphatic carbocycles. The van der Waals surface area contributed by atoms with Gasteiger partial charge < -0.3 is 104 Å². The molecule has 5 heterocycles. The van der Waals surface area contributed by atoms with E-state index in [1.807, 2.05) is 97.9 Å². The first-order chi connectivity index (χ1) is 55.5. The van der Waals surface area contributed by atoms with Crippen molar-refractivity contribution in [1.82, 2.24) is 30.2 Å². The smallest absolute Gasteiger partial charge is 0.407 e. The van der Waals surface area contributed by atoms with Crippen molar-refractivity contribution in [3.8, 4) is 28.7 Å². The third-order valence-corrected chi connectivity index (χ3v) is 16.4. The summed E-state index contributed by atoms with van der Waals surface area (Å²) in [5.41, 5.74) is 15.0. The standard InChI is InChI=1S/C19H26FN3O5.C17H18N2O3.C14H10ClNO2.C14H18FN3O3.C10H12N2O3.C7H8O3S/c1-19(2,3)28-18(25)22-11-13(10-20)12-26-14-5-6-15-16(9-14)27-17(23-15)21-7-4-8-24;20-10-4-9-18-17-19-15-8-7-14(11-16(15)22-17)21-12-13-5-2-1-3-6-13;15-14-16-12-7-6-11(8-13(12)18-14)17-9-10-4-2-1-3-5-10;15-7-10(8-16)9-20-11-2-3-12-13(6-11)21-14(18-12)17-4-1-5-19;13-5-1-4-11-10-12-8-3-2-7(14)6-9(8)15-10;1-6-2-4-7(5-3-6)11(8,9)10/h5-6,9-10,24H,4,7-8,11-12H2,1-3H3,(H,21,23)(H,22,25);1-3,5-8,11,20H,4,9-10,12H2,(H,18,19);1-8H,9H2;2-3,6-7,19H,1,4-5,8-9,16H2,(H,17,18);2-3,6,13-14H,1,4-5H2,(H,11,12);2-5H,1H3,(H,8,9,10)/b13-10+;;;10-7+;;. The number of anilines is 4. The van der Waals surface area contributed by atoms with Crippen molar-refractivity contribution in [2.45, 2.75) is 77.1 Å². The summed E-state index contributed by atoms with van der Waals surface area (Å²) in [6.45, 7) is 11.1. The number of oxazole rings is 5. The number of nitrogens with zero attached hydrogens (tertiary/aromatic N) is 5. The molecule has 0 fully saturated rings. The van der Waals surface area contributed by atoms with E-state index in [0.717, 1.165) is 39.2 Å². The Morgan fingerprint density at radius 1 is 0.496 bits per heavy atom. The van der Waals surface area contributed by atoms with Gasteiger partial charge in [0.25, 0.3) is 39.5 Å². The molecule has 0 saturated heterocycles. The van der Waals surface area contributed by atoms with Crippen LogP contribution in [0.3, 0.4) is 0 Å². The molecule has 30 nitrogen and oxygen atoms in total. The van der Waals surface area contributed by atoms with Crippen LogP contribution in [0.4, 0.5) is 37.6 Å². The molecule has 0 unspecified atom stereocenters. The molecule has 612 valence electrons. The third-order valence-electron chi connectivity index (χ3n) is 15.3. The Morgan fingerprint density at radius 2 is 0.852 bits per heavy atom. The first kappa shape index (κ1) is 88.5. The maximum atomic E-state index is 13.1. The quantitative estimate of drug-likeness (QED) is 0.0138. The summed E-state index contributed by atoms with van der Waals surface area (Å²) in [5, 5.41) is 58.6. The number of nitrogens with one attached hydrogen (secondary N) is 5. The second-order valence-electron chi connectivity index (χ2n) is 25.7. The minimum absolute atomic E-state index is 0.0328. The molecule has 13 aromatic rings. The normalized spacial score (nSPS) is 11.3. The number of aromatic hydroxyl groups is 1. The lowest BCUT2D eigenvalue weighted by Gasteiger charge is -2.20. The van der Waals surface area contributed by atoms with Crippen molar-refractivity contribution in [1.29, 1.82) is 0 Å². The number of amides is 1. The number of aryl methyl sites for hydroxylation is 1. The summed E-state index contributed by atoms with van der Waals surface area (Å²) in [5.74, 6) is 2.66. The number of alkyl carbamates (subject to hydrolysis) is 1. The van der Waals surface area contributed by atoms with Crippen LogP contribution >= 0.6 is 11.6 Å². The predicted molar refractivity (Wildman–Crippen MR) is 433 cm³/mol. The van der Waals surface area contributed by atoms with Crippen LogP contribution in [0.25, 0.3) is 55.5 Å². The molecule has 0 bridgehead atoms. The number of phenols is 1. The van der Waals surface area contributed by atoms with Gasteiger partial charge in [-0.25, -0.2) is 13.6 Å². The van der Waals surface area contributed by atoms with Crippen LogP contribution in [0.1, 0.15) is 63.1 Å². The maximum absolute atomic E-state index is 13.1. The molecular formula is C81H92ClF2N11O19S. The molecule has 0 spiro atoms. The van der Waals surface area contributed by atoms with E-state index in [9.17, 15) is 27.1 Å². The van der Waals surface area contributed by atoms with Gasteiger partial charge in [-0.05, 0) is 149 Å². The fourth-order valence-electron chi connectivity index (χ4n) is 9.56. The molecule has 115 heavy (non-hydrogen) atoms. The number of carbonyl (C=O) groups is 1. The first-order valence-electron chi connectivity index (χ1n) is 36.2. The molecular weight excluding hydrogens is 1540 g/mol. The maximum Gasteiger partial charge on any atom is 0.407 e. The summed E-state index contributed by atoms with van der Waals surface area (Å²) < 4.78 is 110.